The van der Waals surface area contributed by atoms with Gasteiger partial charge in [-0.05, 0) is 12.5 Å². The van der Waals surface area contributed by atoms with Crippen molar-refractivity contribution in [2.45, 2.75) is 6.92 Å². The Morgan fingerprint density at radius 3 is 2.71 bits per heavy atom. The topological polar surface area (TPSA) is 72.6 Å². The van der Waals surface area contributed by atoms with Crippen LogP contribution < -0.4 is 0 Å². The van der Waals surface area contributed by atoms with Crippen LogP contribution in [0.5, 0.6) is 0 Å². The van der Waals surface area contributed by atoms with Gasteiger partial charge in [0.2, 0.25) is 11.9 Å². The Kier molecular flexibility index (Phi) is 2.69. The fraction of sp³-hybridized carbons (Fsp3) is 0.125. The summed E-state index contributed by atoms with van der Waals surface area (Å²) < 4.78 is 13.3. The van der Waals surface area contributed by atoms with E-state index in [2.05, 4.69) is 4.99 Å². The second kappa shape index (κ2) is 3.76. The highest BCUT2D eigenvalue weighted by atomic mass is 19.1. The molecule has 14 heavy (non-hydrogen) atoms. The number of aryl methyl sites for hydroxylation is 1. The van der Waals surface area contributed by atoms with Crippen LogP contribution in [0.15, 0.2) is 17.1 Å². The van der Waals surface area contributed by atoms with Gasteiger partial charge in [0.1, 0.15) is 5.69 Å². The molecule has 72 valence electrons. The van der Waals surface area contributed by atoms with Gasteiger partial charge in [0.05, 0.1) is 4.92 Å². The number of isocyanates is 1. The second-order valence-corrected chi connectivity index (χ2v) is 2.52. The predicted octanol–water partition coefficient (Wildman–Crippen LogP) is 2.01. The SMILES string of the molecule is Cc1ccc([N+](=O)[O-])c(F)c1N=C=O. The molecule has 1 aromatic rings. The lowest BCUT2D eigenvalue weighted by atomic mass is 10.2. The second-order valence-electron chi connectivity index (χ2n) is 2.52. The van der Waals surface area contributed by atoms with Crippen molar-refractivity contribution in [2.24, 2.45) is 4.99 Å². The van der Waals surface area contributed by atoms with Crippen LogP contribution in [0.1, 0.15) is 5.56 Å². The van der Waals surface area contributed by atoms with Gasteiger partial charge >= 0.3 is 5.69 Å². The van der Waals surface area contributed by atoms with E-state index in [9.17, 15) is 19.3 Å². The van der Waals surface area contributed by atoms with Crippen LogP contribution >= 0.6 is 0 Å². The van der Waals surface area contributed by atoms with Crippen LogP contribution in [0, 0.1) is 22.9 Å². The lowest BCUT2D eigenvalue weighted by molar-refractivity contribution is -0.387. The summed E-state index contributed by atoms with van der Waals surface area (Å²) in [5.41, 5.74) is -0.699. The number of halogens is 1. The highest BCUT2D eigenvalue weighted by Gasteiger charge is 2.19. The van der Waals surface area contributed by atoms with E-state index in [0.29, 0.717) is 5.56 Å². The van der Waals surface area contributed by atoms with Gasteiger partial charge in [0.15, 0.2) is 0 Å². The number of aliphatic imine (C=N–C) groups is 1. The first-order valence-corrected chi connectivity index (χ1v) is 3.59. The minimum Gasteiger partial charge on any atom is -0.258 e. The molecule has 0 fully saturated rings. The van der Waals surface area contributed by atoms with Crippen molar-refractivity contribution in [1.82, 2.24) is 0 Å². The normalized spacial score (nSPS) is 9.29. The molecular weight excluding hydrogens is 191 g/mol. The zero-order chi connectivity index (χ0) is 10.7. The van der Waals surface area contributed by atoms with Crippen LogP contribution in [0.4, 0.5) is 15.8 Å². The Balaban J connectivity index is 3.48. The van der Waals surface area contributed by atoms with Gasteiger partial charge in [-0.15, -0.1) is 0 Å². The van der Waals surface area contributed by atoms with Crippen LogP contribution in [-0.4, -0.2) is 11.0 Å². The maximum Gasteiger partial charge on any atom is 0.307 e. The molecule has 0 unspecified atom stereocenters. The van der Waals surface area contributed by atoms with Gasteiger partial charge in [0, 0.05) is 6.07 Å². The fourth-order valence-electron chi connectivity index (χ4n) is 0.974. The Hall–Kier alpha value is -2.07. The van der Waals surface area contributed by atoms with Gasteiger partial charge in [0.25, 0.3) is 0 Å². The molecule has 0 atom stereocenters. The molecule has 6 heteroatoms. The summed E-state index contributed by atoms with van der Waals surface area (Å²) in [6.45, 7) is 1.49. The summed E-state index contributed by atoms with van der Waals surface area (Å²) in [7, 11) is 0. The van der Waals surface area contributed by atoms with Crippen molar-refractivity contribution in [3.05, 3.63) is 33.6 Å². The molecule has 0 saturated heterocycles. The zero-order valence-corrected chi connectivity index (χ0v) is 7.15. The Labute approximate surface area is 78.0 Å². The number of hydrogen-bond acceptors (Lipinski definition) is 4. The number of nitro groups is 1. The number of hydrogen-bond donors (Lipinski definition) is 0. The van der Waals surface area contributed by atoms with E-state index in [0.717, 1.165) is 12.1 Å². The zero-order valence-electron chi connectivity index (χ0n) is 7.15. The van der Waals surface area contributed by atoms with Crippen molar-refractivity contribution in [1.29, 1.82) is 0 Å². The number of rotatable bonds is 2. The van der Waals surface area contributed by atoms with E-state index in [1.54, 1.807) is 0 Å². The third-order valence-corrected chi connectivity index (χ3v) is 1.65. The minimum atomic E-state index is -1.11. The molecule has 5 nitrogen and oxygen atoms in total. The highest BCUT2D eigenvalue weighted by molar-refractivity contribution is 5.59. The fourth-order valence-corrected chi connectivity index (χ4v) is 0.974. The monoisotopic (exact) mass is 196 g/mol. The van der Waals surface area contributed by atoms with E-state index in [-0.39, 0.29) is 5.69 Å². The minimum absolute atomic E-state index is 0.339. The third-order valence-electron chi connectivity index (χ3n) is 1.65. The van der Waals surface area contributed by atoms with Crippen LogP contribution in [0.2, 0.25) is 0 Å². The standard InChI is InChI=1S/C8H5FN2O3/c1-5-2-3-6(11(13)14)7(9)8(5)10-4-12/h2-3H,1H3. The van der Waals surface area contributed by atoms with Crippen molar-refractivity contribution >= 4 is 17.5 Å². The molecule has 0 heterocycles. The summed E-state index contributed by atoms with van der Waals surface area (Å²) >= 11 is 0. The smallest absolute Gasteiger partial charge is 0.258 e. The van der Waals surface area contributed by atoms with E-state index in [1.165, 1.54) is 13.0 Å². The summed E-state index contributed by atoms with van der Waals surface area (Å²) in [5.74, 6) is -1.11. The molecule has 1 rings (SSSR count). The summed E-state index contributed by atoms with van der Waals surface area (Å²) in [5, 5.41) is 10.3. The van der Waals surface area contributed by atoms with E-state index < -0.39 is 16.4 Å². The van der Waals surface area contributed by atoms with Crippen molar-refractivity contribution in [3.63, 3.8) is 0 Å². The maximum atomic E-state index is 13.3. The van der Waals surface area contributed by atoms with Gasteiger partial charge in [-0.1, -0.05) is 6.07 Å². The Morgan fingerprint density at radius 2 is 2.21 bits per heavy atom. The molecular formula is C8H5FN2O3. The van der Waals surface area contributed by atoms with Crippen LogP contribution in [0.3, 0.4) is 0 Å². The number of benzene rings is 1. The van der Waals surface area contributed by atoms with Crippen LogP contribution in [-0.2, 0) is 4.79 Å². The highest BCUT2D eigenvalue weighted by Crippen LogP contribution is 2.29. The third kappa shape index (κ3) is 1.65. The van der Waals surface area contributed by atoms with Gasteiger partial charge in [-0.25, -0.2) is 4.79 Å². The van der Waals surface area contributed by atoms with Crippen molar-refractivity contribution in [2.75, 3.05) is 0 Å². The number of nitrogens with zero attached hydrogens (tertiary/aromatic N) is 2. The quantitative estimate of drug-likeness (QED) is 0.314. The van der Waals surface area contributed by atoms with Gasteiger partial charge in [-0.2, -0.15) is 9.38 Å². The summed E-state index contributed by atoms with van der Waals surface area (Å²) in [6, 6.07) is 2.34. The molecule has 1 aromatic carbocycles. The average molecular weight is 196 g/mol. The molecule has 0 bridgehead atoms. The molecule has 0 spiro atoms. The average Bonchev–Trinajstić information content (AvgIpc) is 2.11. The summed E-state index contributed by atoms with van der Waals surface area (Å²) in [6.07, 6.45) is 1.14. The molecule has 0 aliphatic carbocycles. The first kappa shape index (κ1) is 10.0. The van der Waals surface area contributed by atoms with Crippen molar-refractivity contribution in [3.8, 4) is 0 Å². The molecule has 0 aliphatic heterocycles. The lowest BCUT2D eigenvalue weighted by Crippen LogP contribution is -1.93. The molecule has 0 saturated carbocycles. The first-order valence-electron chi connectivity index (χ1n) is 3.59. The molecule has 0 aromatic heterocycles. The van der Waals surface area contributed by atoms with Crippen molar-refractivity contribution < 1.29 is 14.1 Å². The van der Waals surface area contributed by atoms with Crippen LogP contribution in [0.25, 0.3) is 0 Å². The van der Waals surface area contributed by atoms with E-state index in [4.69, 9.17) is 0 Å². The van der Waals surface area contributed by atoms with E-state index >= 15 is 0 Å². The predicted molar refractivity (Wildman–Crippen MR) is 45.6 cm³/mol. The number of nitro benzene ring substituents is 1. The molecule has 0 N–H and O–H groups in total. The first-order chi connectivity index (χ1) is 6.57. The molecule has 0 amide bonds. The maximum absolute atomic E-state index is 13.3. The summed E-state index contributed by atoms with van der Waals surface area (Å²) in [4.78, 5) is 22.4. The molecule has 0 radical (unpaired) electrons. The van der Waals surface area contributed by atoms with Gasteiger partial charge in [-0.3, -0.25) is 10.1 Å². The van der Waals surface area contributed by atoms with E-state index in [1.807, 2.05) is 0 Å². The molecule has 0 aliphatic rings. The number of carbonyl (C=O) groups excluding carboxylic acids is 1. The Morgan fingerprint density at radius 1 is 1.57 bits per heavy atom. The largest absolute Gasteiger partial charge is 0.307 e. The Bertz CT molecular complexity index is 438. The lowest BCUT2D eigenvalue weighted by Gasteiger charge is -1.99. The van der Waals surface area contributed by atoms with Gasteiger partial charge < -0.3 is 0 Å².